The lowest BCUT2D eigenvalue weighted by Crippen LogP contribution is -2.31. The van der Waals surface area contributed by atoms with Crippen LogP contribution in [-0.4, -0.2) is 46.8 Å². The number of nitrogens with one attached hydrogen (secondary N) is 1. The molecule has 0 bridgehead atoms. The molecule has 2 heterocycles. The summed E-state index contributed by atoms with van der Waals surface area (Å²) in [5.41, 5.74) is 3.37. The number of rotatable bonds is 9. The minimum atomic E-state index is -0.296. The number of carbonyl (C=O) groups excluding carboxylic acids is 1. The Balaban J connectivity index is 1.31. The molecular formula is C27H32ClFN4O. The molecule has 0 saturated carbocycles. The maximum Gasteiger partial charge on any atom is 0.271 e. The quantitative estimate of drug-likeness (QED) is 0.458. The molecule has 2 aromatic carbocycles. The predicted molar refractivity (Wildman–Crippen MR) is 134 cm³/mol. The van der Waals surface area contributed by atoms with Crippen LogP contribution in [0.5, 0.6) is 0 Å². The number of likely N-dealkylation sites (tertiary alicyclic amines) is 1. The first kappa shape index (κ1) is 24.4. The van der Waals surface area contributed by atoms with E-state index in [0.717, 1.165) is 55.8 Å². The molecule has 1 atom stereocenters. The van der Waals surface area contributed by atoms with E-state index in [1.54, 1.807) is 6.07 Å². The maximum absolute atomic E-state index is 13.5. The topological polar surface area (TPSA) is 50.2 Å². The van der Waals surface area contributed by atoms with Crippen molar-refractivity contribution in [3.05, 3.63) is 82.4 Å². The first-order valence-corrected chi connectivity index (χ1v) is 12.3. The van der Waals surface area contributed by atoms with Crippen molar-refractivity contribution < 1.29 is 9.18 Å². The van der Waals surface area contributed by atoms with Crippen molar-refractivity contribution in [3.63, 3.8) is 0 Å². The smallest absolute Gasteiger partial charge is 0.271 e. The number of hydrogen-bond acceptors (Lipinski definition) is 3. The summed E-state index contributed by atoms with van der Waals surface area (Å²) in [6, 6.07) is 16.5. The lowest BCUT2D eigenvalue weighted by Gasteiger charge is -2.16. The Kier molecular flexibility index (Phi) is 8.01. The molecule has 1 aromatic heterocycles. The molecule has 1 saturated heterocycles. The fourth-order valence-electron chi connectivity index (χ4n) is 4.54. The van der Waals surface area contributed by atoms with Crippen molar-refractivity contribution in [3.8, 4) is 5.69 Å². The van der Waals surface area contributed by atoms with Gasteiger partial charge in [-0.25, -0.2) is 9.07 Å². The number of hydrogen-bond donors (Lipinski definition) is 1. The Labute approximate surface area is 205 Å². The zero-order valence-corrected chi connectivity index (χ0v) is 20.6. The number of para-hydroxylation sites is 1. The minimum Gasteiger partial charge on any atom is -0.350 e. The molecule has 1 fully saturated rings. The Hall–Kier alpha value is -2.70. The minimum absolute atomic E-state index is 0.132. The van der Waals surface area contributed by atoms with Crippen LogP contribution in [-0.2, 0) is 12.8 Å². The van der Waals surface area contributed by atoms with Gasteiger partial charge in [0.15, 0.2) is 5.69 Å². The van der Waals surface area contributed by atoms with Crippen LogP contribution in [0, 0.1) is 17.7 Å². The van der Waals surface area contributed by atoms with Gasteiger partial charge in [-0.1, -0.05) is 43.6 Å². The highest BCUT2D eigenvalue weighted by atomic mass is 35.5. The third-order valence-electron chi connectivity index (χ3n) is 6.19. The zero-order valence-electron chi connectivity index (χ0n) is 19.8. The van der Waals surface area contributed by atoms with Crippen LogP contribution in [0.4, 0.5) is 4.39 Å². The van der Waals surface area contributed by atoms with E-state index in [1.807, 2.05) is 47.1 Å². The average Bonchev–Trinajstić information content (AvgIpc) is 3.43. The summed E-state index contributed by atoms with van der Waals surface area (Å²) in [5.74, 6) is 0.428. The number of aromatic nitrogens is 2. The van der Waals surface area contributed by atoms with Crippen LogP contribution < -0.4 is 5.32 Å². The molecule has 5 nitrogen and oxygen atoms in total. The van der Waals surface area contributed by atoms with Gasteiger partial charge in [0.2, 0.25) is 0 Å². The first-order chi connectivity index (χ1) is 16.4. The molecule has 1 amide bonds. The van der Waals surface area contributed by atoms with Gasteiger partial charge in [0.25, 0.3) is 5.91 Å². The summed E-state index contributed by atoms with van der Waals surface area (Å²) in [7, 11) is 0. The van der Waals surface area contributed by atoms with Crippen LogP contribution >= 0.6 is 11.6 Å². The third kappa shape index (κ3) is 6.45. The van der Waals surface area contributed by atoms with Crippen molar-refractivity contribution in [2.75, 3.05) is 26.2 Å². The highest BCUT2D eigenvalue weighted by molar-refractivity contribution is 6.30. The Morgan fingerprint density at radius 2 is 2.00 bits per heavy atom. The summed E-state index contributed by atoms with van der Waals surface area (Å²) in [4.78, 5) is 15.3. The molecular weight excluding hydrogens is 451 g/mol. The number of halogens is 2. The first-order valence-electron chi connectivity index (χ1n) is 12.0. The Morgan fingerprint density at radius 1 is 1.21 bits per heavy atom. The normalized spacial score (nSPS) is 16.3. The summed E-state index contributed by atoms with van der Waals surface area (Å²) >= 11 is 5.96. The predicted octanol–water partition coefficient (Wildman–Crippen LogP) is 5.16. The van der Waals surface area contributed by atoms with Crippen molar-refractivity contribution in [1.29, 1.82) is 0 Å². The summed E-state index contributed by atoms with van der Waals surface area (Å²) in [6.07, 6.45) is 2.64. The molecule has 7 heteroatoms. The molecule has 1 N–H and O–H groups in total. The van der Waals surface area contributed by atoms with Crippen molar-refractivity contribution in [2.45, 2.75) is 33.1 Å². The fourth-order valence-corrected chi connectivity index (χ4v) is 4.78. The number of carbonyl (C=O) groups is 1. The molecule has 34 heavy (non-hydrogen) atoms. The molecule has 4 rings (SSSR count). The van der Waals surface area contributed by atoms with Gasteiger partial charge in [0, 0.05) is 30.4 Å². The van der Waals surface area contributed by atoms with Crippen LogP contribution in [0.15, 0.2) is 54.6 Å². The SMILES string of the molecule is CC(C)Cc1cc(C(=O)NC[C@H]2CCN(CCc3cc(F)cc(Cl)c3)C2)nn1-c1ccccc1. The Bertz CT molecular complexity index is 1090. The molecule has 0 spiro atoms. The second kappa shape index (κ2) is 11.2. The zero-order chi connectivity index (χ0) is 24.1. The lowest BCUT2D eigenvalue weighted by molar-refractivity contribution is 0.0942. The Morgan fingerprint density at radius 3 is 2.74 bits per heavy atom. The lowest BCUT2D eigenvalue weighted by atomic mass is 10.1. The molecule has 1 aliphatic heterocycles. The van der Waals surface area contributed by atoms with Gasteiger partial charge in [-0.15, -0.1) is 0 Å². The standard InChI is InChI=1S/C27H32ClFN4O/c1-19(2)12-25-16-26(31-33(25)24-6-4-3-5-7-24)27(34)30-17-21-9-11-32(18-21)10-8-20-13-22(28)15-23(29)14-20/h3-7,13-16,19,21H,8-12,17-18H2,1-2H3,(H,30,34)/t21-/m1/s1. The van der Waals surface area contributed by atoms with Crippen LogP contribution in [0.25, 0.3) is 5.69 Å². The summed E-state index contributed by atoms with van der Waals surface area (Å²) < 4.78 is 15.4. The van der Waals surface area contributed by atoms with E-state index in [4.69, 9.17) is 11.6 Å². The van der Waals surface area contributed by atoms with Gasteiger partial charge in [0.05, 0.1) is 5.69 Å². The van der Waals surface area contributed by atoms with Gasteiger partial charge >= 0.3 is 0 Å². The largest absolute Gasteiger partial charge is 0.350 e. The molecule has 0 aliphatic carbocycles. The fraction of sp³-hybridized carbons (Fsp3) is 0.407. The van der Waals surface area contributed by atoms with Gasteiger partial charge < -0.3 is 10.2 Å². The van der Waals surface area contributed by atoms with Crippen LogP contribution in [0.1, 0.15) is 42.0 Å². The molecule has 0 radical (unpaired) electrons. The number of benzene rings is 2. The van der Waals surface area contributed by atoms with Crippen molar-refractivity contribution in [2.24, 2.45) is 11.8 Å². The van der Waals surface area contributed by atoms with E-state index in [0.29, 0.717) is 29.1 Å². The summed E-state index contributed by atoms with van der Waals surface area (Å²) in [6.45, 7) is 7.70. The second-order valence-electron chi connectivity index (χ2n) is 9.56. The van der Waals surface area contributed by atoms with Crippen molar-refractivity contribution >= 4 is 17.5 Å². The monoisotopic (exact) mass is 482 g/mol. The molecule has 3 aromatic rings. The van der Waals surface area contributed by atoms with Gasteiger partial charge in [-0.3, -0.25) is 4.79 Å². The van der Waals surface area contributed by atoms with Crippen molar-refractivity contribution in [1.82, 2.24) is 20.0 Å². The highest BCUT2D eigenvalue weighted by Gasteiger charge is 2.24. The second-order valence-corrected chi connectivity index (χ2v) is 10.00. The molecule has 1 aliphatic rings. The van der Waals surface area contributed by atoms with Crippen LogP contribution in [0.2, 0.25) is 5.02 Å². The van der Waals surface area contributed by atoms with Gasteiger partial charge in [-0.2, -0.15) is 5.10 Å². The van der Waals surface area contributed by atoms with E-state index in [9.17, 15) is 9.18 Å². The number of amides is 1. The molecule has 0 unspecified atom stereocenters. The number of nitrogens with zero attached hydrogens (tertiary/aromatic N) is 3. The summed E-state index contributed by atoms with van der Waals surface area (Å²) in [5, 5.41) is 8.14. The van der Waals surface area contributed by atoms with E-state index in [2.05, 4.69) is 29.2 Å². The van der Waals surface area contributed by atoms with Crippen LogP contribution in [0.3, 0.4) is 0 Å². The third-order valence-corrected chi connectivity index (χ3v) is 6.41. The van der Waals surface area contributed by atoms with Gasteiger partial charge in [-0.05, 0) is 79.6 Å². The maximum atomic E-state index is 13.5. The van der Waals surface area contributed by atoms with E-state index in [1.165, 1.54) is 6.07 Å². The van der Waals surface area contributed by atoms with E-state index < -0.39 is 0 Å². The molecule has 180 valence electrons. The van der Waals surface area contributed by atoms with E-state index >= 15 is 0 Å². The van der Waals surface area contributed by atoms with Gasteiger partial charge in [0.1, 0.15) is 5.82 Å². The highest BCUT2D eigenvalue weighted by Crippen LogP contribution is 2.19. The average molecular weight is 483 g/mol. The van der Waals surface area contributed by atoms with E-state index in [-0.39, 0.29) is 11.7 Å².